The first-order chi connectivity index (χ1) is 10.2. The maximum atomic E-state index is 13.5. The molecule has 3 aromatic rings. The topological polar surface area (TPSA) is 30.7 Å². The Hall–Kier alpha value is -2.20. The predicted molar refractivity (Wildman–Crippen MR) is 81.0 cm³/mol. The highest BCUT2D eigenvalue weighted by Gasteiger charge is 2.15. The molecule has 5 heteroatoms. The van der Waals surface area contributed by atoms with Crippen molar-refractivity contribution in [3.05, 3.63) is 65.7 Å². The lowest BCUT2D eigenvalue weighted by molar-refractivity contribution is 0.628. The van der Waals surface area contributed by atoms with E-state index in [1.165, 1.54) is 12.1 Å². The molecule has 0 fully saturated rings. The molecule has 21 heavy (non-hydrogen) atoms. The third kappa shape index (κ3) is 2.67. The lowest BCUT2D eigenvalue weighted by atomic mass is 10.2. The van der Waals surface area contributed by atoms with Crippen LogP contribution in [-0.4, -0.2) is 14.8 Å². The highest BCUT2D eigenvalue weighted by molar-refractivity contribution is 6.16. The molecule has 106 valence electrons. The summed E-state index contributed by atoms with van der Waals surface area (Å²) in [5.74, 6) is 1.13. The molecule has 0 N–H and O–H groups in total. The molecule has 1 heterocycles. The van der Waals surface area contributed by atoms with Gasteiger partial charge in [-0.3, -0.25) is 4.57 Å². The van der Waals surface area contributed by atoms with E-state index < -0.39 is 0 Å². The molecule has 0 aliphatic rings. The first-order valence-electron chi connectivity index (χ1n) is 6.52. The molecule has 0 amide bonds. The maximum Gasteiger partial charge on any atom is 0.168 e. The average molecular weight is 302 g/mol. The monoisotopic (exact) mass is 301 g/mol. The lowest BCUT2D eigenvalue weighted by Gasteiger charge is -2.10. The van der Waals surface area contributed by atoms with Crippen molar-refractivity contribution >= 4 is 11.6 Å². The Morgan fingerprint density at radius 3 is 2.62 bits per heavy atom. The molecule has 2 aromatic carbocycles. The van der Waals surface area contributed by atoms with E-state index in [2.05, 4.69) is 10.2 Å². The van der Waals surface area contributed by atoms with E-state index in [9.17, 15) is 4.39 Å². The minimum Gasteiger partial charge on any atom is -0.278 e. The van der Waals surface area contributed by atoms with E-state index in [-0.39, 0.29) is 11.7 Å². The Morgan fingerprint density at radius 2 is 1.90 bits per heavy atom. The normalized spacial score (nSPS) is 10.8. The van der Waals surface area contributed by atoms with Gasteiger partial charge in [-0.15, -0.1) is 21.8 Å². The molecule has 3 rings (SSSR count). The highest BCUT2D eigenvalue weighted by atomic mass is 35.5. The summed E-state index contributed by atoms with van der Waals surface area (Å²) in [7, 11) is 0. The van der Waals surface area contributed by atoms with Crippen molar-refractivity contribution in [3.8, 4) is 17.1 Å². The first-order valence-corrected chi connectivity index (χ1v) is 7.06. The SMILES string of the molecule is Cc1cccc(-n2c(CCl)nnc2-c2cccc(F)c2)c1. The number of aryl methyl sites for hydroxylation is 1. The second-order valence-corrected chi connectivity index (χ2v) is 5.03. The van der Waals surface area contributed by atoms with E-state index in [0.29, 0.717) is 17.2 Å². The van der Waals surface area contributed by atoms with Crippen LogP contribution < -0.4 is 0 Å². The van der Waals surface area contributed by atoms with Crippen LogP contribution in [0.5, 0.6) is 0 Å². The molecule has 3 nitrogen and oxygen atoms in total. The van der Waals surface area contributed by atoms with Crippen molar-refractivity contribution in [2.75, 3.05) is 0 Å². The fourth-order valence-corrected chi connectivity index (χ4v) is 2.43. The molecule has 0 radical (unpaired) electrons. The third-order valence-electron chi connectivity index (χ3n) is 3.19. The Kier molecular flexibility index (Phi) is 3.71. The van der Waals surface area contributed by atoms with Gasteiger partial charge in [0, 0.05) is 11.3 Å². The van der Waals surface area contributed by atoms with Crippen molar-refractivity contribution < 1.29 is 4.39 Å². The number of alkyl halides is 1. The molecule has 0 aliphatic carbocycles. The van der Waals surface area contributed by atoms with Crippen molar-refractivity contribution in [1.82, 2.24) is 14.8 Å². The second kappa shape index (κ2) is 5.66. The van der Waals surface area contributed by atoms with E-state index in [1.807, 2.05) is 35.8 Å². The van der Waals surface area contributed by atoms with Gasteiger partial charge in [0.25, 0.3) is 0 Å². The summed E-state index contributed by atoms with van der Waals surface area (Å²) >= 11 is 5.96. The van der Waals surface area contributed by atoms with Crippen LogP contribution in [-0.2, 0) is 5.88 Å². The molecule has 0 saturated carbocycles. The van der Waals surface area contributed by atoms with E-state index >= 15 is 0 Å². The maximum absolute atomic E-state index is 13.5. The standard InChI is InChI=1S/C16H13ClFN3/c1-11-4-2-7-14(8-11)21-15(10-17)19-20-16(21)12-5-3-6-13(18)9-12/h2-9H,10H2,1H3. The van der Waals surface area contributed by atoms with Gasteiger partial charge in [0.2, 0.25) is 0 Å². The smallest absolute Gasteiger partial charge is 0.168 e. The number of rotatable bonds is 3. The van der Waals surface area contributed by atoms with E-state index in [0.717, 1.165) is 11.3 Å². The number of aromatic nitrogens is 3. The van der Waals surface area contributed by atoms with Crippen LogP contribution in [0.25, 0.3) is 17.1 Å². The average Bonchev–Trinajstić information content (AvgIpc) is 2.91. The molecule has 1 aromatic heterocycles. The van der Waals surface area contributed by atoms with E-state index in [4.69, 9.17) is 11.6 Å². The number of hydrogen-bond donors (Lipinski definition) is 0. The first kappa shape index (κ1) is 13.8. The molecular weight excluding hydrogens is 289 g/mol. The van der Waals surface area contributed by atoms with Crippen LogP contribution in [0.15, 0.2) is 48.5 Å². The minimum absolute atomic E-state index is 0.232. The van der Waals surface area contributed by atoms with Crippen LogP contribution in [0, 0.1) is 12.7 Å². The Labute approximate surface area is 127 Å². The molecule has 0 spiro atoms. The molecule has 0 atom stereocenters. The molecule has 0 unspecified atom stereocenters. The largest absolute Gasteiger partial charge is 0.278 e. The van der Waals surface area contributed by atoms with Gasteiger partial charge in [0.15, 0.2) is 11.6 Å². The number of nitrogens with zero attached hydrogens (tertiary/aromatic N) is 3. The van der Waals surface area contributed by atoms with Gasteiger partial charge in [0.05, 0.1) is 5.88 Å². The van der Waals surface area contributed by atoms with Gasteiger partial charge in [-0.05, 0) is 36.8 Å². The van der Waals surface area contributed by atoms with Gasteiger partial charge < -0.3 is 0 Å². The van der Waals surface area contributed by atoms with Crippen LogP contribution in [0.4, 0.5) is 4.39 Å². The Balaban J connectivity index is 2.21. The zero-order valence-corrected chi connectivity index (χ0v) is 12.2. The van der Waals surface area contributed by atoms with E-state index in [1.54, 1.807) is 12.1 Å². The number of benzene rings is 2. The van der Waals surface area contributed by atoms with Gasteiger partial charge in [-0.25, -0.2) is 4.39 Å². The minimum atomic E-state index is -0.307. The summed E-state index contributed by atoms with van der Waals surface area (Å²) in [5, 5.41) is 8.27. The zero-order valence-electron chi connectivity index (χ0n) is 11.4. The number of hydrogen-bond acceptors (Lipinski definition) is 2. The second-order valence-electron chi connectivity index (χ2n) is 4.76. The summed E-state index contributed by atoms with van der Waals surface area (Å²) < 4.78 is 15.3. The Bertz CT molecular complexity index is 783. The quantitative estimate of drug-likeness (QED) is 0.681. The predicted octanol–water partition coefficient (Wildman–Crippen LogP) is 4.12. The van der Waals surface area contributed by atoms with Crippen molar-refractivity contribution in [2.24, 2.45) is 0 Å². The third-order valence-corrected chi connectivity index (χ3v) is 3.43. The summed E-state index contributed by atoms with van der Waals surface area (Å²) in [4.78, 5) is 0. The van der Waals surface area contributed by atoms with Crippen molar-refractivity contribution in [3.63, 3.8) is 0 Å². The van der Waals surface area contributed by atoms with Crippen LogP contribution in [0.3, 0.4) is 0 Å². The Morgan fingerprint density at radius 1 is 1.10 bits per heavy atom. The summed E-state index contributed by atoms with van der Waals surface area (Å²) in [6, 6.07) is 14.2. The fourth-order valence-electron chi connectivity index (χ4n) is 2.26. The van der Waals surface area contributed by atoms with Crippen molar-refractivity contribution in [1.29, 1.82) is 0 Å². The zero-order chi connectivity index (χ0) is 14.8. The molecule has 0 bridgehead atoms. The summed E-state index contributed by atoms with van der Waals surface area (Å²) in [6.45, 7) is 2.01. The molecule has 0 saturated heterocycles. The molecule has 0 aliphatic heterocycles. The fraction of sp³-hybridized carbons (Fsp3) is 0.125. The van der Waals surface area contributed by atoms with Gasteiger partial charge in [-0.1, -0.05) is 24.3 Å². The van der Waals surface area contributed by atoms with Crippen LogP contribution in [0.1, 0.15) is 11.4 Å². The van der Waals surface area contributed by atoms with Gasteiger partial charge in [0.1, 0.15) is 5.82 Å². The van der Waals surface area contributed by atoms with Crippen molar-refractivity contribution in [2.45, 2.75) is 12.8 Å². The van der Waals surface area contributed by atoms with Gasteiger partial charge in [-0.2, -0.15) is 0 Å². The summed E-state index contributed by atoms with van der Waals surface area (Å²) in [6.07, 6.45) is 0. The molecular formula is C16H13ClFN3. The lowest BCUT2D eigenvalue weighted by Crippen LogP contribution is -2.02. The van der Waals surface area contributed by atoms with Crippen LogP contribution >= 0.6 is 11.6 Å². The highest BCUT2D eigenvalue weighted by Crippen LogP contribution is 2.24. The van der Waals surface area contributed by atoms with Gasteiger partial charge >= 0.3 is 0 Å². The number of halogens is 2. The van der Waals surface area contributed by atoms with Crippen LogP contribution in [0.2, 0.25) is 0 Å². The summed E-state index contributed by atoms with van der Waals surface area (Å²) in [5.41, 5.74) is 2.70.